The predicted octanol–water partition coefficient (Wildman–Crippen LogP) is 3.16. The second-order valence-electron chi connectivity index (χ2n) is 10.2. The fraction of sp³-hybridized carbons (Fsp3) is 0.640. The number of aliphatic hydroxyl groups is 2. The van der Waals surface area contributed by atoms with Crippen molar-refractivity contribution in [3.05, 3.63) is 35.1 Å². The maximum atomic E-state index is 13.1. The molecule has 1 aliphatic heterocycles. The second kappa shape index (κ2) is 8.85. The number of carboxylic acids is 1. The molecule has 1 saturated carbocycles. The Balaban J connectivity index is 2.04. The summed E-state index contributed by atoms with van der Waals surface area (Å²) in [6.07, 6.45) is 7.85. The number of aliphatic carboxylic acids is 1. The number of fused-ring (bicyclic) bond motifs is 1. The number of Topliss-reactive ketones (excluding diaryl/α,β-unsaturated/α-hetero) is 1. The van der Waals surface area contributed by atoms with Gasteiger partial charge in [-0.05, 0) is 57.3 Å². The van der Waals surface area contributed by atoms with E-state index in [4.69, 9.17) is 0 Å². The minimum atomic E-state index is -2.17. The lowest BCUT2D eigenvalue weighted by Gasteiger charge is -2.47. The Morgan fingerprint density at radius 3 is 2.47 bits per heavy atom. The quantitative estimate of drug-likeness (QED) is 0.223. The first-order valence-corrected chi connectivity index (χ1v) is 11.4. The molecule has 0 spiro atoms. The maximum Gasteiger partial charge on any atom is 0.335 e. The standard InChI is InChI=1S/C25H35NO6/c1-6-13(3)16-8-7-15-10-12(2)9-14(4)18(15)19(16)22(28)20-21(27)17(26-23(20)29)11-25(5,32)24(30)31/h6-8,12,14-19,28,32H,9-11H2,1-5H3,(H,26,29)(H,30,31)/b13-6+,22-20?/t12-,14+,15-,16+,17+,18+,19-,25-/m1/s1. The summed E-state index contributed by atoms with van der Waals surface area (Å²) in [7, 11) is 0. The molecule has 0 aromatic rings. The van der Waals surface area contributed by atoms with Gasteiger partial charge in [0.05, 0.1) is 6.04 Å². The number of carbonyl (C=O) groups is 3. The minimum Gasteiger partial charge on any atom is -0.511 e. The molecule has 0 aromatic carbocycles. The van der Waals surface area contributed by atoms with Crippen molar-refractivity contribution in [3.63, 3.8) is 0 Å². The Morgan fingerprint density at radius 1 is 1.22 bits per heavy atom. The summed E-state index contributed by atoms with van der Waals surface area (Å²) in [5, 5.41) is 33.2. The van der Waals surface area contributed by atoms with E-state index in [0.717, 1.165) is 25.3 Å². The lowest BCUT2D eigenvalue weighted by atomic mass is 9.57. The van der Waals surface area contributed by atoms with Crippen molar-refractivity contribution in [2.75, 3.05) is 0 Å². The van der Waals surface area contributed by atoms with Crippen molar-refractivity contribution >= 4 is 17.7 Å². The number of carbonyl (C=O) groups excluding carboxylic acids is 2. The van der Waals surface area contributed by atoms with Crippen LogP contribution in [-0.2, 0) is 14.4 Å². The SMILES string of the molecule is C/C=C(\C)[C@@H]1C=C[C@@H]2C[C@H](C)C[C@H](C)[C@@H]2[C@@H]1C(O)=C1C(=O)N[C@@H](C[C@@](C)(O)C(=O)O)C1=O. The largest absolute Gasteiger partial charge is 0.511 e. The molecule has 2 aliphatic carbocycles. The first-order valence-electron chi connectivity index (χ1n) is 11.4. The zero-order valence-corrected chi connectivity index (χ0v) is 19.5. The summed E-state index contributed by atoms with van der Waals surface area (Å²) in [4.78, 5) is 37.1. The highest BCUT2D eigenvalue weighted by molar-refractivity contribution is 6.27. The van der Waals surface area contributed by atoms with Gasteiger partial charge in [0.25, 0.3) is 5.91 Å². The van der Waals surface area contributed by atoms with Crippen LogP contribution in [0.4, 0.5) is 0 Å². The van der Waals surface area contributed by atoms with Crippen LogP contribution in [0.3, 0.4) is 0 Å². The van der Waals surface area contributed by atoms with Gasteiger partial charge in [-0.15, -0.1) is 0 Å². The van der Waals surface area contributed by atoms with Gasteiger partial charge in [-0.25, -0.2) is 4.79 Å². The lowest BCUT2D eigenvalue weighted by Crippen LogP contribution is -2.43. The molecule has 7 heteroatoms. The number of amides is 1. The molecule has 1 heterocycles. The third-order valence-electron chi connectivity index (χ3n) is 7.68. The molecular weight excluding hydrogens is 410 g/mol. The topological polar surface area (TPSA) is 124 Å². The minimum absolute atomic E-state index is 0.0883. The van der Waals surface area contributed by atoms with Gasteiger partial charge >= 0.3 is 5.97 Å². The average molecular weight is 446 g/mol. The van der Waals surface area contributed by atoms with Gasteiger partial charge in [0.1, 0.15) is 11.3 Å². The molecule has 2 fully saturated rings. The second-order valence-corrected chi connectivity index (χ2v) is 10.2. The summed E-state index contributed by atoms with van der Waals surface area (Å²) in [6, 6.07) is -1.19. The van der Waals surface area contributed by atoms with Crippen molar-refractivity contribution in [1.82, 2.24) is 5.32 Å². The third-order valence-corrected chi connectivity index (χ3v) is 7.68. The van der Waals surface area contributed by atoms with Crippen LogP contribution in [-0.4, -0.2) is 44.6 Å². The van der Waals surface area contributed by atoms with Gasteiger partial charge in [-0.2, -0.15) is 0 Å². The van der Waals surface area contributed by atoms with Crippen molar-refractivity contribution in [3.8, 4) is 0 Å². The van der Waals surface area contributed by atoms with E-state index in [1.54, 1.807) is 0 Å². The molecule has 3 aliphatic rings. The molecule has 1 amide bonds. The summed E-state index contributed by atoms with van der Waals surface area (Å²) < 4.78 is 0. The van der Waals surface area contributed by atoms with Crippen LogP contribution in [0, 0.1) is 35.5 Å². The zero-order chi connectivity index (χ0) is 24.0. The smallest absolute Gasteiger partial charge is 0.335 e. The molecule has 1 saturated heterocycles. The Morgan fingerprint density at radius 2 is 1.88 bits per heavy atom. The highest BCUT2D eigenvalue weighted by atomic mass is 16.4. The Labute approximate surface area is 189 Å². The fourth-order valence-electron chi connectivity index (χ4n) is 5.98. The van der Waals surface area contributed by atoms with Crippen LogP contribution < -0.4 is 5.32 Å². The Kier molecular flexibility index (Phi) is 6.70. The van der Waals surface area contributed by atoms with Crippen LogP contribution in [0.1, 0.15) is 53.9 Å². The van der Waals surface area contributed by atoms with Crippen molar-refractivity contribution in [1.29, 1.82) is 0 Å². The van der Waals surface area contributed by atoms with Gasteiger partial charge in [0.15, 0.2) is 11.4 Å². The van der Waals surface area contributed by atoms with E-state index in [-0.39, 0.29) is 29.1 Å². The van der Waals surface area contributed by atoms with Crippen LogP contribution in [0.15, 0.2) is 35.1 Å². The fourth-order valence-corrected chi connectivity index (χ4v) is 5.98. The van der Waals surface area contributed by atoms with Crippen molar-refractivity contribution < 1.29 is 29.7 Å². The molecule has 7 nitrogen and oxygen atoms in total. The van der Waals surface area contributed by atoms with E-state index in [1.165, 1.54) is 0 Å². The molecule has 3 rings (SSSR count). The van der Waals surface area contributed by atoms with E-state index in [1.807, 2.05) is 19.9 Å². The van der Waals surface area contributed by atoms with E-state index >= 15 is 0 Å². The zero-order valence-electron chi connectivity index (χ0n) is 19.5. The number of rotatable bonds is 5. The summed E-state index contributed by atoms with van der Waals surface area (Å²) in [5.41, 5.74) is -1.41. The molecule has 0 bridgehead atoms. The summed E-state index contributed by atoms with van der Waals surface area (Å²) in [6.45, 7) is 9.40. The van der Waals surface area contributed by atoms with E-state index in [2.05, 4.69) is 31.3 Å². The number of hydrogen-bond donors (Lipinski definition) is 4. The van der Waals surface area contributed by atoms with E-state index < -0.39 is 41.6 Å². The number of hydrogen-bond acceptors (Lipinski definition) is 5. The highest BCUT2D eigenvalue weighted by Crippen LogP contribution is 2.51. The van der Waals surface area contributed by atoms with Crippen LogP contribution in [0.5, 0.6) is 0 Å². The van der Waals surface area contributed by atoms with Crippen LogP contribution >= 0.6 is 0 Å². The van der Waals surface area contributed by atoms with Crippen LogP contribution in [0.2, 0.25) is 0 Å². The molecular formula is C25H35NO6. The molecule has 176 valence electrons. The molecule has 0 unspecified atom stereocenters. The lowest BCUT2D eigenvalue weighted by molar-refractivity contribution is -0.158. The first-order chi connectivity index (χ1) is 14.9. The number of allylic oxidation sites excluding steroid dienone is 5. The molecule has 8 atom stereocenters. The Bertz CT molecular complexity index is 898. The van der Waals surface area contributed by atoms with Gasteiger partial charge in [0.2, 0.25) is 0 Å². The van der Waals surface area contributed by atoms with Gasteiger partial charge in [-0.1, -0.05) is 37.6 Å². The Hall–Kier alpha value is -2.41. The summed E-state index contributed by atoms with van der Waals surface area (Å²) in [5.74, 6) is -2.39. The first kappa shape index (κ1) is 24.2. The number of carboxylic acid groups (broad SMARTS) is 1. The van der Waals surface area contributed by atoms with Crippen molar-refractivity contribution in [2.24, 2.45) is 35.5 Å². The number of nitrogens with one attached hydrogen (secondary N) is 1. The van der Waals surface area contributed by atoms with E-state index in [0.29, 0.717) is 11.8 Å². The monoisotopic (exact) mass is 445 g/mol. The number of ketones is 1. The predicted molar refractivity (Wildman–Crippen MR) is 120 cm³/mol. The normalized spacial score (nSPS) is 38.7. The summed E-state index contributed by atoms with van der Waals surface area (Å²) >= 11 is 0. The third kappa shape index (κ3) is 4.27. The van der Waals surface area contributed by atoms with Gasteiger partial charge in [-0.3, -0.25) is 9.59 Å². The maximum absolute atomic E-state index is 13.1. The van der Waals surface area contributed by atoms with Gasteiger partial charge < -0.3 is 20.6 Å². The average Bonchev–Trinajstić information content (AvgIpc) is 2.98. The van der Waals surface area contributed by atoms with E-state index in [9.17, 15) is 29.7 Å². The molecule has 0 aromatic heterocycles. The van der Waals surface area contributed by atoms with Gasteiger partial charge in [0, 0.05) is 18.3 Å². The number of aliphatic hydroxyl groups excluding tert-OH is 1. The highest BCUT2D eigenvalue weighted by Gasteiger charge is 2.49. The molecule has 4 N–H and O–H groups in total. The van der Waals surface area contributed by atoms with Crippen LogP contribution in [0.25, 0.3) is 0 Å². The van der Waals surface area contributed by atoms with Crippen molar-refractivity contribution in [2.45, 2.75) is 65.5 Å². The molecule has 0 radical (unpaired) electrons. The molecule has 32 heavy (non-hydrogen) atoms.